The maximum atomic E-state index is 12.6. The highest BCUT2D eigenvalue weighted by atomic mass is 35.5. The number of aromatic nitrogens is 1. The van der Waals surface area contributed by atoms with Crippen LogP contribution in [0.25, 0.3) is 10.9 Å². The minimum absolute atomic E-state index is 0.213. The summed E-state index contributed by atoms with van der Waals surface area (Å²) in [5.41, 5.74) is 2.14. The van der Waals surface area contributed by atoms with Gasteiger partial charge in [0.2, 0.25) is 0 Å². The van der Waals surface area contributed by atoms with Crippen LogP contribution >= 0.6 is 11.6 Å². The van der Waals surface area contributed by atoms with Crippen molar-refractivity contribution in [1.29, 1.82) is 5.26 Å². The predicted octanol–water partition coefficient (Wildman–Crippen LogP) is 4.15. The Kier molecular flexibility index (Phi) is 6.84. The van der Waals surface area contributed by atoms with Crippen LogP contribution in [0.3, 0.4) is 0 Å². The molecule has 32 heavy (non-hydrogen) atoms. The molecule has 8 heteroatoms. The van der Waals surface area contributed by atoms with Gasteiger partial charge in [0.1, 0.15) is 24.2 Å². The molecule has 0 atom stereocenters. The topological polar surface area (TPSA) is 90.4 Å². The van der Waals surface area contributed by atoms with E-state index in [-0.39, 0.29) is 5.56 Å². The summed E-state index contributed by atoms with van der Waals surface area (Å²) in [4.78, 5) is 17.8. The van der Waals surface area contributed by atoms with Crippen LogP contribution in [0.15, 0.2) is 41.2 Å². The van der Waals surface area contributed by atoms with E-state index in [0.717, 1.165) is 30.7 Å². The molecule has 0 spiro atoms. The molecular weight excluding hydrogens is 428 g/mol. The van der Waals surface area contributed by atoms with Gasteiger partial charge in [-0.05, 0) is 50.2 Å². The lowest BCUT2D eigenvalue weighted by molar-refractivity contribution is 0.238. The summed E-state index contributed by atoms with van der Waals surface area (Å²) in [6.07, 6.45) is 2.50. The molecule has 0 unspecified atom stereocenters. The van der Waals surface area contributed by atoms with Crippen molar-refractivity contribution in [2.24, 2.45) is 0 Å². The largest absolute Gasteiger partial charge is 0.495 e. The number of pyridine rings is 1. The number of ether oxygens (including phenoxy) is 2. The second-order valence-electron chi connectivity index (χ2n) is 7.77. The summed E-state index contributed by atoms with van der Waals surface area (Å²) in [6.45, 7) is 4.05. The Morgan fingerprint density at radius 3 is 2.78 bits per heavy atom. The minimum Gasteiger partial charge on any atom is -0.495 e. The molecule has 166 valence electrons. The van der Waals surface area contributed by atoms with Crippen molar-refractivity contribution in [1.82, 2.24) is 9.88 Å². The standard InChI is InChI=1S/C24H25ClN4O3/c1-31-22-12-19(5-4-16(22)14-26)27-15-18-10-17-11-20(13-21(25)23(17)28-24(18)30)32-9-8-29-6-2-3-7-29/h4-5,10-13,27H,2-3,6-9,15H2,1H3,(H,28,30). The number of aromatic amines is 1. The molecule has 0 bridgehead atoms. The minimum atomic E-state index is -0.213. The third-order valence-electron chi connectivity index (χ3n) is 5.63. The highest BCUT2D eigenvalue weighted by molar-refractivity contribution is 6.35. The summed E-state index contributed by atoms with van der Waals surface area (Å²) in [7, 11) is 1.52. The maximum absolute atomic E-state index is 12.6. The smallest absolute Gasteiger partial charge is 0.253 e. The van der Waals surface area contributed by atoms with Crippen molar-refractivity contribution >= 4 is 28.2 Å². The molecule has 3 aromatic rings. The Morgan fingerprint density at radius 2 is 2.03 bits per heavy atom. The van der Waals surface area contributed by atoms with E-state index >= 15 is 0 Å². The number of hydrogen-bond donors (Lipinski definition) is 2. The summed E-state index contributed by atoms with van der Waals surface area (Å²) in [6, 6.07) is 12.7. The normalized spacial score (nSPS) is 13.8. The van der Waals surface area contributed by atoms with Crippen LogP contribution in [0, 0.1) is 11.3 Å². The van der Waals surface area contributed by atoms with Crippen LogP contribution in [0.2, 0.25) is 5.02 Å². The van der Waals surface area contributed by atoms with Gasteiger partial charge in [-0.25, -0.2) is 0 Å². The van der Waals surface area contributed by atoms with Gasteiger partial charge in [0.25, 0.3) is 5.56 Å². The van der Waals surface area contributed by atoms with Gasteiger partial charge in [0.05, 0.1) is 23.2 Å². The highest BCUT2D eigenvalue weighted by Gasteiger charge is 2.12. The average molecular weight is 453 g/mol. The lowest BCUT2D eigenvalue weighted by Crippen LogP contribution is -2.25. The number of nitriles is 1. The molecule has 2 aromatic carbocycles. The van der Waals surface area contributed by atoms with E-state index in [9.17, 15) is 4.79 Å². The molecule has 2 N–H and O–H groups in total. The first-order chi connectivity index (χ1) is 15.6. The monoisotopic (exact) mass is 452 g/mol. The molecule has 4 rings (SSSR count). The van der Waals surface area contributed by atoms with E-state index in [4.69, 9.17) is 26.3 Å². The first-order valence-electron chi connectivity index (χ1n) is 10.6. The predicted molar refractivity (Wildman–Crippen MR) is 126 cm³/mol. The molecule has 0 saturated carbocycles. The molecule has 1 fully saturated rings. The number of anilines is 1. The molecule has 1 aliphatic heterocycles. The number of hydrogen-bond acceptors (Lipinski definition) is 6. The van der Waals surface area contributed by atoms with Gasteiger partial charge in [-0.1, -0.05) is 11.6 Å². The zero-order valence-corrected chi connectivity index (χ0v) is 18.7. The number of likely N-dealkylation sites (tertiary alicyclic amines) is 1. The number of rotatable bonds is 8. The van der Waals surface area contributed by atoms with Gasteiger partial charge in [0.15, 0.2) is 0 Å². The molecule has 0 aliphatic carbocycles. The van der Waals surface area contributed by atoms with Crippen molar-refractivity contribution in [3.63, 3.8) is 0 Å². The second kappa shape index (κ2) is 9.94. The van der Waals surface area contributed by atoms with E-state index in [1.165, 1.54) is 20.0 Å². The van der Waals surface area contributed by atoms with Gasteiger partial charge < -0.3 is 19.8 Å². The zero-order chi connectivity index (χ0) is 22.5. The third kappa shape index (κ3) is 4.98. The summed E-state index contributed by atoms with van der Waals surface area (Å²) >= 11 is 6.41. The summed E-state index contributed by atoms with van der Waals surface area (Å²) < 4.78 is 11.2. The Balaban J connectivity index is 1.50. The van der Waals surface area contributed by atoms with Crippen molar-refractivity contribution in [3.8, 4) is 17.6 Å². The third-order valence-corrected chi connectivity index (χ3v) is 5.93. The van der Waals surface area contributed by atoms with Gasteiger partial charge in [-0.2, -0.15) is 5.26 Å². The molecule has 1 saturated heterocycles. The van der Waals surface area contributed by atoms with Crippen LogP contribution in [0.1, 0.15) is 24.0 Å². The SMILES string of the molecule is COc1cc(NCc2cc3cc(OCCN4CCCC4)cc(Cl)c3[nH]c2=O)ccc1C#N. The number of nitrogens with one attached hydrogen (secondary N) is 2. The number of benzene rings is 2. The number of halogens is 1. The fourth-order valence-electron chi connectivity index (χ4n) is 3.90. The van der Waals surface area contributed by atoms with Crippen molar-refractivity contribution in [3.05, 3.63) is 62.9 Å². The van der Waals surface area contributed by atoms with Crippen LogP contribution < -0.4 is 20.3 Å². The highest BCUT2D eigenvalue weighted by Crippen LogP contribution is 2.28. The van der Waals surface area contributed by atoms with Gasteiger partial charge in [-0.15, -0.1) is 0 Å². The first-order valence-corrected chi connectivity index (χ1v) is 11.0. The fraction of sp³-hybridized carbons (Fsp3) is 0.333. The lowest BCUT2D eigenvalue weighted by Gasteiger charge is -2.15. The number of methoxy groups -OCH3 is 1. The maximum Gasteiger partial charge on any atom is 0.253 e. The van der Waals surface area contributed by atoms with Crippen LogP contribution in [0.4, 0.5) is 5.69 Å². The zero-order valence-electron chi connectivity index (χ0n) is 17.9. The number of H-pyrrole nitrogens is 1. The Labute approximate surface area is 191 Å². The Hall–Kier alpha value is -3.21. The molecule has 1 aliphatic rings. The quantitative estimate of drug-likeness (QED) is 0.533. The van der Waals surface area contributed by atoms with E-state index in [2.05, 4.69) is 21.3 Å². The number of nitrogens with zero attached hydrogens (tertiary/aromatic N) is 2. The molecule has 2 heterocycles. The van der Waals surface area contributed by atoms with E-state index in [1.807, 2.05) is 12.1 Å². The molecule has 7 nitrogen and oxygen atoms in total. The molecule has 1 aromatic heterocycles. The van der Waals surface area contributed by atoms with Crippen molar-refractivity contribution in [2.45, 2.75) is 19.4 Å². The summed E-state index contributed by atoms with van der Waals surface area (Å²) in [5.74, 6) is 1.16. The van der Waals surface area contributed by atoms with E-state index < -0.39 is 0 Å². The fourth-order valence-corrected chi connectivity index (χ4v) is 4.16. The van der Waals surface area contributed by atoms with Crippen LogP contribution in [-0.4, -0.2) is 43.2 Å². The van der Waals surface area contributed by atoms with Gasteiger partial charge in [0, 0.05) is 41.9 Å². The second-order valence-corrected chi connectivity index (χ2v) is 8.18. The molecule has 0 radical (unpaired) electrons. The summed E-state index contributed by atoms with van der Waals surface area (Å²) in [5, 5.41) is 13.6. The van der Waals surface area contributed by atoms with Crippen molar-refractivity contribution in [2.75, 3.05) is 38.7 Å². The van der Waals surface area contributed by atoms with Crippen LogP contribution in [0.5, 0.6) is 11.5 Å². The Morgan fingerprint density at radius 1 is 1.22 bits per heavy atom. The van der Waals surface area contributed by atoms with Gasteiger partial charge in [-0.3, -0.25) is 9.69 Å². The lowest BCUT2D eigenvalue weighted by atomic mass is 10.1. The number of fused-ring (bicyclic) bond motifs is 1. The van der Waals surface area contributed by atoms with E-state index in [0.29, 0.717) is 46.3 Å². The van der Waals surface area contributed by atoms with Crippen molar-refractivity contribution < 1.29 is 9.47 Å². The molecular formula is C24H25ClN4O3. The Bertz CT molecular complexity index is 1210. The average Bonchev–Trinajstić information content (AvgIpc) is 3.31. The van der Waals surface area contributed by atoms with E-state index in [1.54, 1.807) is 24.3 Å². The van der Waals surface area contributed by atoms with Crippen LogP contribution in [-0.2, 0) is 6.54 Å². The first kappa shape index (κ1) is 22.0. The van der Waals surface area contributed by atoms with Gasteiger partial charge >= 0.3 is 0 Å². The molecule has 0 amide bonds.